The van der Waals surface area contributed by atoms with Crippen LogP contribution in [0.15, 0.2) is 75.9 Å². The van der Waals surface area contributed by atoms with Gasteiger partial charge in [-0.15, -0.1) is 0 Å². The molecule has 2 heterocycles. The van der Waals surface area contributed by atoms with Crippen molar-refractivity contribution in [2.45, 2.75) is 13.3 Å². The van der Waals surface area contributed by atoms with Crippen molar-refractivity contribution in [3.8, 4) is 11.6 Å². The van der Waals surface area contributed by atoms with Crippen molar-refractivity contribution in [2.24, 2.45) is 0 Å². The minimum absolute atomic E-state index is 0.321. The van der Waals surface area contributed by atoms with E-state index in [2.05, 4.69) is 20.8 Å². The van der Waals surface area contributed by atoms with Gasteiger partial charge in [-0.25, -0.2) is 4.79 Å². The monoisotopic (exact) mass is 374 g/mol. The Kier molecular flexibility index (Phi) is 4.88. The van der Waals surface area contributed by atoms with Gasteiger partial charge < -0.3 is 19.6 Å². The van der Waals surface area contributed by atoms with Gasteiger partial charge in [-0.2, -0.15) is 4.98 Å². The molecule has 2 aromatic carbocycles. The normalized spacial score (nSPS) is 10.6. The fraction of sp³-hybridized carbons (Fsp3) is 0.0952. The highest BCUT2D eigenvalue weighted by Crippen LogP contribution is 2.21. The summed E-state index contributed by atoms with van der Waals surface area (Å²) in [7, 11) is 0. The van der Waals surface area contributed by atoms with E-state index in [1.54, 1.807) is 18.4 Å². The highest BCUT2D eigenvalue weighted by atomic mass is 16.5. The summed E-state index contributed by atoms with van der Waals surface area (Å²) in [6.07, 6.45) is 1.94. The Balaban J connectivity index is 1.46. The quantitative estimate of drug-likeness (QED) is 0.520. The van der Waals surface area contributed by atoms with E-state index in [1.165, 1.54) is 0 Å². The van der Waals surface area contributed by atoms with Crippen LogP contribution in [0.5, 0.6) is 0 Å². The number of carbonyl (C=O) groups excluding carboxylic acids is 1. The van der Waals surface area contributed by atoms with Gasteiger partial charge in [0.25, 0.3) is 0 Å². The van der Waals surface area contributed by atoms with Gasteiger partial charge in [-0.05, 0) is 42.8 Å². The lowest BCUT2D eigenvalue weighted by atomic mass is 10.1. The van der Waals surface area contributed by atoms with Gasteiger partial charge in [0.1, 0.15) is 0 Å². The van der Waals surface area contributed by atoms with E-state index in [9.17, 15) is 4.79 Å². The molecule has 4 rings (SSSR count). The lowest BCUT2D eigenvalue weighted by molar-refractivity contribution is 0.262. The van der Waals surface area contributed by atoms with Crippen molar-refractivity contribution in [3.05, 3.63) is 83.9 Å². The summed E-state index contributed by atoms with van der Waals surface area (Å²) < 4.78 is 10.6. The summed E-state index contributed by atoms with van der Waals surface area (Å²) in [6, 6.07) is 18.3. The van der Waals surface area contributed by atoms with Crippen LogP contribution in [0.2, 0.25) is 0 Å². The number of hydrogen-bond donors (Lipinski definition) is 2. The Hall–Kier alpha value is -3.87. The number of aryl methyl sites for hydroxylation is 1. The number of para-hydroxylation sites is 1. The maximum atomic E-state index is 12.3. The van der Waals surface area contributed by atoms with Crippen LogP contribution in [0.25, 0.3) is 11.6 Å². The van der Waals surface area contributed by atoms with Gasteiger partial charge in [0, 0.05) is 11.4 Å². The van der Waals surface area contributed by atoms with Crippen LogP contribution in [-0.4, -0.2) is 16.2 Å². The van der Waals surface area contributed by atoms with Gasteiger partial charge in [0.05, 0.1) is 12.7 Å². The molecule has 0 atom stereocenters. The van der Waals surface area contributed by atoms with Crippen LogP contribution in [0.1, 0.15) is 17.0 Å². The summed E-state index contributed by atoms with van der Waals surface area (Å²) in [5, 5.41) is 9.62. The second-order valence-corrected chi connectivity index (χ2v) is 6.27. The first-order valence-corrected chi connectivity index (χ1v) is 8.76. The molecule has 0 saturated heterocycles. The number of urea groups is 1. The molecule has 0 spiro atoms. The zero-order valence-electron chi connectivity index (χ0n) is 15.2. The van der Waals surface area contributed by atoms with E-state index < -0.39 is 0 Å². The topological polar surface area (TPSA) is 93.2 Å². The zero-order valence-corrected chi connectivity index (χ0v) is 15.2. The average molecular weight is 374 g/mol. The van der Waals surface area contributed by atoms with Crippen molar-refractivity contribution in [1.82, 2.24) is 10.1 Å². The Morgan fingerprint density at radius 3 is 2.61 bits per heavy atom. The molecule has 0 bridgehead atoms. The summed E-state index contributed by atoms with van der Waals surface area (Å²) in [5.41, 5.74) is 3.38. The predicted octanol–water partition coefficient (Wildman–Crippen LogP) is 4.87. The van der Waals surface area contributed by atoms with E-state index in [0.29, 0.717) is 29.6 Å². The molecule has 2 amide bonds. The zero-order chi connectivity index (χ0) is 19.3. The summed E-state index contributed by atoms with van der Waals surface area (Å²) >= 11 is 0. The van der Waals surface area contributed by atoms with E-state index in [-0.39, 0.29) is 6.03 Å². The molecular formula is C21H18N4O3. The number of furan rings is 1. The lowest BCUT2D eigenvalue weighted by Gasteiger charge is -2.11. The Bertz CT molecular complexity index is 1070. The van der Waals surface area contributed by atoms with E-state index in [0.717, 1.165) is 16.8 Å². The number of hydrogen-bond acceptors (Lipinski definition) is 5. The van der Waals surface area contributed by atoms with Gasteiger partial charge in [0.2, 0.25) is 11.7 Å². The van der Waals surface area contributed by atoms with Crippen LogP contribution in [0.4, 0.5) is 16.2 Å². The van der Waals surface area contributed by atoms with Crippen LogP contribution < -0.4 is 10.6 Å². The van der Waals surface area contributed by atoms with Crippen LogP contribution in [-0.2, 0) is 6.42 Å². The van der Waals surface area contributed by atoms with E-state index in [1.807, 2.05) is 55.5 Å². The van der Waals surface area contributed by atoms with Crippen LogP contribution >= 0.6 is 0 Å². The van der Waals surface area contributed by atoms with Crippen molar-refractivity contribution in [1.29, 1.82) is 0 Å². The number of benzene rings is 2. The fourth-order valence-corrected chi connectivity index (χ4v) is 2.71. The van der Waals surface area contributed by atoms with E-state index in [4.69, 9.17) is 8.94 Å². The van der Waals surface area contributed by atoms with Crippen molar-refractivity contribution < 1.29 is 13.7 Å². The summed E-state index contributed by atoms with van der Waals surface area (Å²) in [5.74, 6) is 1.36. The molecule has 2 N–H and O–H groups in total. The standard InChI is InChI=1S/C21H18N4O3/c1-14-8-10-16(11-9-14)22-21(26)23-17-6-3-2-5-15(17)13-19-24-20(25-28-19)18-7-4-12-27-18/h2-12H,13H2,1H3,(H2,22,23,26). The predicted molar refractivity (Wildman–Crippen MR) is 105 cm³/mol. The SMILES string of the molecule is Cc1ccc(NC(=O)Nc2ccccc2Cc2nc(-c3ccco3)no2)cc1. The molecule has 0 aliphatic rings. The molecule has 0 saturated carbocycles. The largest absolute Gasteiger partial charge is 0.461 e. The third kappa shape index (κ3) is 4.09. The number of nitrogens with one attached hydrogen (secondary N) is 2. The fourth-order valence-electron chi connectivity index (χ4n) is 2.71. The number of amides is 2. The second-order valence-electron chi connectivity index (χ2n) is 6.27. The number of anilines is 2. The maximum absolute atomic E-state index is 12.3. The van der Waals surface area contributed by atoms with E-state index >= 15 is 0 Å². The number of rotatable bonds is 5. The third-order valence-electron chi connectivity index (χ3n) is 4.13. The second kappa shape index (κ2) is 7.79. The molecule has 0 aliphatic heterocycles. The van der Waals surface area contributed by atoms with Gasteiger partial charge in [0.15, 0.2) is 5.76 Å². The Labute approximate surface area is 161 Å². The molecule has 140 valence electrons. The molecular weight excluding hydrogens is 356 g/mol. The Morgan fingerprint density at radius 2 is 1.82 bits per heavy atom. The molecule has 2 aromatic heterocycles. The van der Waals surface area contributed by atoms with Crippen LogP contribution in [0, 0.1) is 6.92 Å². The first-order valence-electron chi connectivity index (χ1n) is 8.76. The number of carbonyl (C=O) groups is 1. The molecule has 0 fully saturated rings. The first-order chi connectivity index (χ1) is 13.7. The third-order valence-corrected chi connectivity index (χ3v) is 4.13. The average Bonchev–Trinajstić information content (AvgIpc) is 3.37. The van der Waals surface area contributed by atoms with Crippen LogP contribution in [0.3, 0.4) is 0 Å². The Morgan fingerprint density at radius 1 is 1.00 bits per heavy atom. The molecule has 7 heteroatoms. The van der Waals surface area contributed by atoms with Crippen molar-refractivity contribution >= 4 is 17.4 Å². The van der Waals surface area contributed by atoms with Gasteiger partial charge in [-0.1, -0.05) is 41.1 Å². The molecule has 0 aliphatic carbocycles. The highest BCUT2D eigenvalue weighted by molar-refractivity contribution is 6.00. The van der Waals surface area contributed by atoms with Gasteiger partial charge in [-0.3, -0.25) is 0 Å². The molecule has 7 nitrogen and oxygen atoms in total. The van der Waals surface area contributed by atoms with Crippen molar-refractivity contribution in [3.63, 3.8) is 0 Å². The van der Waals surface area contributed by atoms with Gasteiger partial charge >= 0.3 is 6.03 Å². The molecule has 4 aromatic rings. The minimum Gasteiger partial charge on any atom is -0.461 e. The minimum atomic E-state index is -0.321. The smallest absolute Gasteiger partial charge is 0.323 e. The number of aromatic nitrogens is 2. The molecule has 28 heavy (non-hydrogen) atoms. The first kappa shape index (κ1) is 17.5. The number of nitrogens with zero attached hydrogens (tertiary/aromatic N) is 2. The molecule has 0 radical (unpaired) electrons. The maximum Gasteiger partial charge on any atom is 0.323 e. The summed E-state index contributed by atoms with van der Waals surface area (Å²) in [4.78, 5) is 16.7. The molecule has 0 unspecified atom stereocenters. The lowest BCUT2D eigenvalue weighted by Crippen LogP contribution is -2.20. The highest BCUT2D eigenvalue weighted by Gasteiger charge is 2.14. The van der Waals surface area contributed by atoms with Crippen molar-refractivity contribution in [2.75, 3.05) is 10.6 Å². The summed E-state index contributed by atoms with van der Waals surface area (Å²) in [6.45, 7) is 1.99.